The van der Waals surface area contributed by atoms with Crippen molar-refractivity contribution in [2.75, 3.05) is 32.8 Å². The topological polar surface area (TPSA) is 24.5 Å². The van der Waals surface area contributed by atoms with Gasteiger partial charge >= 0.3 is 0 Å². The zero-order valence-electron chi connectivity index (χ0n) is 16.4. The molecule has 2 aromatic rings. The van der Waals surface area contributed by atoms with Crippen molar-refractivity contribution in [3.05, 3.63) is 71.8 Å². The zero-order chi connectivity index (χ0) is 18.5. The summed E-state index contributed by atoms with van der Waals surface area (Å²) < 4.78 is 5.68. The molecule has 4 rings (SSSR count). The van der Waals surface area contributed by atoms with Crippen LogP contribution in [0.25, 0.3) is 0 Å². The molecule has 2 atom stereocenters. The van der Waals surface area contributed by atoms with E-state index in [1.54, 1.807) is 0 Å². The first-order valence-electron chi connectivity index (χ1n) is 10.4. The molecule has 2 aromatic carbocycles. The Hall–Kier alpha value is -1.68. The van der Waals surface area contributed by atoms with Crippen molar-refractivity contribution in [2.45, 2.75) is 43.7 Å². The number of likely N-dealkylation sites (tertiary alicyclic amines) is 1. The fraction of sp³-hybridized carbons (Fsp3) is 0.500. The van der Waals surface area contributed by atoms with Crippen LogP contribution in [-0.4, -0.2) is 43.8 Å². The SMILES string of the molecule is C[C@H](c1ccccc1)N1CC[C@H](NCC2(c3ccccc3)CCOCC2)C1. The molecule has 1 N–H and O–H groups in total. The number of nitrogens with zero attached hydrogens (tertiary/aromatic N) is 1. The smallest absolute Gasteiger partial charge is 0.0475 e. The summed E-state index contributed by atoms with van der Waals surface area (Å²) in [5.41, 5.74) is 3.11. The lowest BCUT2D eigenvalue weighted by molar-refractivity contribution is 0.0489. The summed E-state index contributed by atoms with van der Waals surface area (Å²) in [6, 6.07) is 23.0. The Labute approximate surface area is 163 Å². The van der Waals surface area contributed by atoms with Crippen molar-refractivity contribution in [1.82, 2.24) is 10.2 Å². The Morgan fingerprint density at radius 3 is 2.41 bits per heavy atom. The molecule has 0 amide bonds. The van der Waals surface area contributed by atoms with E-state index in [1.807, 2.05) is 0 Å². The van der Waals surface area contributed by atoms with Crippen molar-refractivity contribution in [2.24, 2.45) is 0 Å². The molecule has 0 aromatic heterocycles. The van der Waals surface area contributed by atoms with Crippen LogP contribution in [0.2, 0.25) is 0 Å². The highest BCUT2D eigenvalue weighted by Gasteiger charge is 2.36. The highest BCUT2D eigenvalue weighted by Crippen LogP contribution is 2.34. The maximum atomic E-state index is 5.68. The van der Waals surface area contributed by atoms with E-state index < -0.39 is 0 Å². The van der Waals surface area contributed by atoms with Crippen LogP contribution >= 0.6 is 0 Å². The van der Waals surface area contributed by atoms with Crippen molar-refractivity contribution >= 4 is 0 Å². The van der Waals surface area contributed by atoms with Gasteiger partial charge in [0.25, 0.3) is 0 Å². The van der Waals surface area contributed by atoms with Gasteiger partial charge in [-0.15, -0.1) is 0 Å². The van der Waals surface area contributed by atoms with E-state index in [-0.39, 0.29) is 5.41 Å². The highest BCUT2D eigenvalue weighted by atomic mass is 16.5. The predicted molar refractivity (Wildman–Crippen MR) is 111 cm³/mol. The summed E-state index contributed by atoms with van der Waals surface area (Å²) in [5.74, 6) is 0. The number of hydrogen-bond donors (Lipinski definition) is 1. The maximum Gasteiger partial charge on any atom is 0.0475 e. The third-order valence-electron chi connectivity index (χ3n) is 6.61. The van der Waals surface area contributed by atoms with E-state index in [9.17, 15) is 0 Å². The number of ether oxygens (including phenoxy) is 1. The molecule has 0 radical (unpaired) electrons. The third-order valence-corrected chi connectivity index (χ3v) is 6.61. The zero-order valence-corrected chi connectivity index (χ0v) is 16.4. The van der Waals surface area contributed by atoms with Crippen LogP contribution < -0.4 is 5.32 Å². The molecule has 27 heavy (non-hydrogen) atoms. The molecule has 0 aliphatic carbocycles. The molecule has 3 heteroatoms. The first-order chi connectivity index (χ1) is 13.3. The first kappa shape index (κ1) is 18.7. The molecule has 2 aliphatic heterocycles. The molecule has 2 fully saturated rings. The quantitative estimate of drug-likeness (QED) is 0.833. The lowest BCUT2D eigenvalue weighted by Gasteiger charge is -2.39. The summed E-state index contributed by atoms with van der Waals surface area (Å²) in [7, 11) is 0. The lowest BCUT2D eigenvalue weighted by atomic mass is 9.74. The van der Waals surface area contributed by atoms with E-state index in [0.29, 0.717) is 12.1 Å². The van der Waals surface area contributed by atoms with Gasteiger partial charge in [0.1, 0.15) is 0 Å². The van der Waals surface area contributed by atoms with Gasteiger partial charge in [-0.2, -0.15) is 0 Å². The molecule has 2 saturated heterocycles. The fourth-order valence-corrected chi connectivity index (χ4v) is 4.71. The molecule has 0 bridgehead atoms. The number of benzene rings is 2. The Morgan fingerprint density at radius 2 is 1.70 bits per heavy atom. The van der Waals surface area contributed by atoms with Crippen molar-refractivity contribution in [3.63, 3.8) is 0 Å². The summed E-state index contributed by atoms with van der Waals surface area (Å²) >= 11 is 0. The third kappa shape index (κ3) is 4.26. The minimum Gasteiger partial charge on any atom is -0.381 e. The van der Waals surface area contributed by atoms with Crippen LogP contribution in [0.15, 0.2) is 60.7 Å². The van der Waals surface area contributed by atoms with Gasteiger partial charge in [-0.05, 0) is 37.3 Å². The number of nitrogens with one attached hydrogen (secondary N) is 1. The summed E-state index contributed by atoms with van der Waals surface area (Å²) in [5, 5.41) is 3.93. The minimum absolute atomic E-state index is 0.220. The van der Waals surface area contributed by atoms with Gasteiger partial charge in [0.2, 0.25) is 0 Å². The first-order valence-corrected chi connectivity index (χ1v) is 10.4. The van der Waals surface area contributed by atoms with Gasteiger partial charge in [0.05, 0.1) is 0 Å². The second-order valence-electron chi connectivity index (χ2n) is 8.21. The molecule has 0 unspecified atom stereocenters. The van der Waals surface area contributed by atoms with E-state index in [4.69, 9.17) is 4.74 Å². The maximum absolute atomic E-state index is 5.68. The number of rotatable bonds is 6. The van der Waals surface area contributed by atoms with Crippen molar-refractivity contribution in [3.8, 4) is 0 Å². The lowest BCUT2D eigenvalue weighted by Crippen LogP contribution is -2.46. The van der Waals surface area contributed by atoms with Gasteiger partial charge in [0.15, 0.2) is 0 Å². The fourth-order valence-electron chi connectivity index (χ4n) is 4.71. The van der Waals surface area contributed by atoms with Gasteiger partial charge in [0, 0.05) is 50.3 Å². The highest BCUT2D eigenvalue weighted by molar-refractivity contribution is 5.27. The van der Waals surface area contributed by atoms with E-state index in [2.05, 4.69) is 77.8 Å². The van der Waals surface area contributed by atoms with Crippen LogP contribution in [-0.2, 0) is 10.2 Å². The second-order valence-corrected chi connectivity index (χ2v) is 8.21. The van der Waals surface area contributed by atoms with Gasteiger partial charge in [-0.3, -0.25) is 4.90 Å². The van der Waals surface area contributed by atoms with Crippen LogP contribution in [0.3, 0.4) is 0 Å². The Bertz CT molecular complexity index is 697. The van der Waals surface area contributed by atoms with Crippen LogP contribution in [0.5, 0.6) is 0 Å². The molecular weight excluding hydrogens is 332 g/mol. The van der Waals surface area contributed by atoms with Gasteiger partial charge < -0.3 is 10.1 Å². The van der Waals surface area contributed by atoms with Gasteiger partial charge in [-0.1, -0.05) is 60.7 Å². The average molecular weight is 365 g/mol. The van der Waals surface area contributed by atoms with Gasteiger partial charge in [-0.25, -0.2) is 0 Å². The Morgan fingerprint density at radius 1 is 1.04 bits per heavy atom. The molecule has 0 spiro atoms. The van der Waals surface area contributed by atoms with Crippen LogP contribution in [0, 0.1) is 0 Å². The normalized spacial score (nSPS) is 24.0. The molecule has 3 nitrogen and oxygen atoms in total. The monoisotopic (exact) mass is 364 g/mol. The van der Waals surface area contributed by atoms with Crippen molar-refractivity contribution in [1.29, 1.82) is 0 Å². The van der Waals surface area contributed by atoms with E-state index in [0.717, 1.165) is 39.1 Å². The Kier molecular flexibility index (Phi) is 5.92. The average Bonchev–Trinajstić information content (AvgIpc) is 3.23. The number of hydrogen-bond acceptors (Lipinski definition) is 3. The molecule has 0 saturated carbocycles. The van der Waals surface area contributed by atoms with E-state index >= 15 is 0 Å². The standard InChI is InChI=1S/C24H32N2O/c1-20(21-8-4-2-5-9-21)26-15-12-23(18-26)25-19-24(13-16-27-17-14-24)22-10-6-3-7-11-22/h2-11,20,23,25H,12-19H2,1H3/t20-,23+/m1/s1. The summed E-state index contributed by atoms with van der Waals surface area (Å²) in [4.78, 5) is 2.62. The minimum atomic E-state index is 0.220. The van der Waals surface area contributed by atoms with Crippen LogP contribution in [0.1, 0.15) is 43.4 Å². The van der Waals surface area contributed by atoms with E-state index in [1.165, 1.54) is 24.1 Å². The largest absolute Gasteiger partial charge is 0.381 e. The Balaban J connectivity index is 1.38. The molecule has 2 heterocycles. The van der Waals surface area contributed by atoms with Crippen LogP contribution in [0.4, 0.5) is 0 Å². The molecule has 2 aliphatic rings. The molecule has 144 valence electrons. The predicted octanol–water partition coefficient (Wildman–Crippen LogP) is 4.16. The summed E-state index contributed by atoms with van der Waals surface area (Å²) in [6.07, 6.45) is 3.46. The second kappa shape index (κ2) is 8.55. The summed E-state index contributed by atoms with van der Waals surface area (Å²) in [6.45, 7) is 7.45. The van der Waals surface area contributed by atoms with Crippen molar-refractivity contribution < 1.29 is 4.74 Å². The molecular formula is C24H32N2O.